The zero-order valence-corrected chi connectivity index (χ0v) is 17.7. The molecule has 0 saturated carbocycles. The van der Waals surface area contributed by atoms with Crippen LogP contribution in [0.25, 0.3) is 0 Å². The molecule has 2 atom stereocenters. The SMILES string of the molecule is COc1cc(O)cc(C(=O)N2CCO[C@@H](CN3CCCCC3)[C@@H]2c2cnn(C)c2)c1. The lowest BCUT2D eigenvalue weighted by atomic mass is 9.98. The van der Waals surface area contributed by atoms with E-state index in [2.05, 4.69) is 10.00 Å². The Morgan fingerprint density at radius 2 is 2.03 bits per heavy atom. The fraction of sp³-hybridized carbons (Fsp3) is 0.545. The molecule has 2 aliphatic rings. The Morgan fingerprint density at radius 3 is 2.73 bits per heavy atom. The van der Waals surface area contributed by atoms with Gasteiger partial charge in [0.1, 0.15) is 11.5 Å². The number of morpholine rings is 1. The number of ether oxygens (including phenoxy) is 2. The Labute approximate surface area is 177 Å². The number of piperidine rings is 1. The minimum absolute atomic E-state index is 0.00811. The van der Waals surface area contributed by atoms with Crippen LogP contribution in [0.15, 0.2) is 30.6 Å². The molecule has 1 N–H and O–H groups in total. The van der Waals surface area contributed by atoms with E-state index in [1.165, 1.54) is 38.5 Å². The Kier molecular flexibility index (Phi) is 6.24. The summed E-state index contributed by atoms with van der Waals surface area (Å²) in [4.78, 5) is 17.8. The highest BCUT2D eigenvalue weighted by Gasteiger charge is 2.38. The molecule has 1 amide bonds. The molecule has 2 saturated heterocycles. The van der Waals surface area contributed by atoms with Crippen LogP contribution in [-0.2, 0) is 11.8 Å². The van der Waals surface area contributed by atoms with Crippen LogP contribution in [0.3, 0.4) is 0 Å². The third kappa shape index (κ3) is 4.44. The summed E-state index contributed by atoms with van der Waals surface area (Å²) in [5, 5.41) is 14.4. The van der Waals surface area contributed by atoms with Crippen LogP contribution < -0.4 is 4.74 Å². The topological polar surface area (TPSA) is 80.1 Å². The van der Waals surface area contributed by atoms with Gasteiger partial charge in [-0.2, -0.15) is 5.10 Å². The summed E-state index contributed by atoms with van der Waals surface area (Å²) in [5.41, 5.74) is 1.36. The second-order valence-electron chi connectivity index (χ2n) is 8.08. The van der Waals surface area contributed by atoms with E-state index in [1.807, 2.05) is 24.3 Å². The number of carbonyl (C=O) groups is 1. The smallest absolute Gasteiger partial charge is 0.254 e. The Hall–Kier alpha value is -2.58. The van der Waals surface area contributed by atoms with E-state index in [-0.39, 0.29) is 23.8 Å². The predicted molar refractivity (Wildman–Crippen MR) is 112 cm³/mol. The van der Waals surface area contributed by atoms with Gasteiger partial charge in [0.05, 0.1) is 32.1 Å². The zero-order chi connectivity index (χ0) is 21.1. The van der Waals surface area contributed by atoms with Crippen molar-refractivity contribution in [1.29, 1.82) is 0 Å². The van der Waals surface area contributed by atoms with Crippen LogP contribution in [-0.4, -0.2) is 76.6 Å². The largest absolute Gasteiger partial charge is 0.508 e. The van der Waals surface area contributed by atoms with Crippen molar-refractivity contribution in [3.63, 3.8) is 0 Å². The number of aromatic nitrogens is 2. The van der Waals surface area contributed by atoms with Gasteiger partial charge in [0.15, 0.2) is 0 Å². The number of amides is 1. The lowest BCUT2D eigenvalue weighted by Crippen LogP contribution is -2.52. The minimum Gasteiger partial charge on any atom is -0.508 e. The first-order chi connectivity index (χ1) is 14.5. The summed E-state index contributed by atoms with van der Waals surface area (Å²) in [6.07, 6.45) is 7.31. The van der Waals surface area contributed by atoms with Gasteiger partial charge in [-0.15, -0.1) is 0 Å². The number of carbonyl (C=O) groups excluding carboxylic acids is 1. The first-order valence-corrected chi connectivity index (χ1v) is 10.6. The van der Waals surface area contributed by atoms with E-state index in [0.29, 0.717) is 24.5 Å². The van der Waals surface area contributed by atoms with Gasteiger partial charge in [0.25, 0.3) is 5.91 Å². The molecule has 2 aromatic rings. The summed E-state index contributed by atoms with van der Waals surface area (Å²) in [7, 11) is 3.39. The van der Waals surface area contributed by atoms with Gasteiger partial charge in [-0.1, -0.05) is 6.42 Å². The quantitative estimate of drug-likeness (QED) is 0.808. The normalized spacial score (nSPS) is 22.8. The minimum atomic E-state index is -0.241. The number of phenolic OH excluding ortho intramolecular Hbond substituents is 1. The summed E-state index contributed by atoms with van der Waals surface area (Å²) >= 11 is 0. The van der Waals surface area contributed by atoms with Gasteiger partial charge >= 0.3 is 0 Å². The van der Waals surface area contributed by atoms with Crippen molar-refractivity contribution in [1.82, 2.24) is 19.6 Å². The standard InChI is InChI=1S/C22H30N4O4/c1-24-14-17(13-23-24)21-20(15-25-6-4-3-5-7-25)30-9-8-26(21)22(28)16-10-18(27)12-19(11-16)29-2/h10-14,20-21,27H,3-9,15H2,1-2H3/t20-,21-/m0/s1. The molecule has 2 aliphatic heterocycles. The third-order valence-corrected chi connectivity index (χ3v) is 5.94. The van der Waals surface area contributed by atoms with Gasteiger partial charge < -0.3 is 24.4 Å². The van der Waals surface area contributed by atoms with Crippen molar-refractivity contribution in [3.05, 3.63) is 41.7 Å². The van der Waals surface area contributed by atoms with Gasteiger partial charge in [0, 0.05) is 43.5 Å². The van der Waals surface area contributed by atoms with E-state index in [4.69, 9.17) is 9.47 Å². The van der Waals surface area contributed by atoms with E-state index >= 15 is 0 Å². The van der Waals surface area contributed by atoms with Crippen molar-refractivity contribution in [2.24, 2.45) is 7.05 Å². The predicted octanol–water partition coefficient (Wildman–Crippen LogP) is 2.20. The molecule has 1 aromatic heterocycles. The first-order valence-electron chi connectivity index (χ1n) is 10.6. The number of phenols is 1. The summed E-state index contributed by atoms with van der Waals surface area (Å²) in [5.74, 6) is 0.313. The highest BCUT2D eigenvalue weighted by atomic mass is 16.5. The molecule has 8 nitrogen and oxygen atoms in total. The lowest BCUT2D eigenvalue weighted by molar-refractivity contribution is -0.0741. The Balaban J connectivity index is 1.64. The van der Waals surface area contributed by atoms with Crippen molar-refractivity contribution in [2.45, 2.75) is 31.4 Å². The van der Waals surface area contributed by atoms with Gasteiger partial charge in [0.2, 0.25) is 0 Å². The molecule has 1 aromatic carbocycles. The Morgan fingerprint density at radius 1 is 1.23 bits per heavy atom. The van der Waals surface area contributed by atoms with E-state index in [1.54, 1.807) is 10.7 Å². The molecule has 162 valence electrons. The number of hydrogen-bond donors (Lipinski definition) is 1. The van der Waals surface area contributed by atoms with Crippen molar-refractivity contribution >= 4 is 5.91 Å². The number of aromatic hydroxyl groups is 1. The summed E-state index contributed by atoms with van der Waals surface area (Å²) in [6.45, 7) is 3.88. The molecule has 0 radical (unpaired) electrons. The van der Waals surface area contributed by atoms with Crippen LogP contribution in [0.5, 0.6) is 11.5 Å². The molecule has 0 spiro atoms. The van der Waals surface area contributed by atoms with Gasteiger partial charge in [-0.25, -0.2) is 0 Å². The maximum atomic E-state index is 13.5. The fourth-order valence-corrected chi connectivity index (χ4v) is 4.49. The lowest BCUT2D eigenvalue weighted by Gasteiger charge is -2.43. The van der Waals surface area contributed by atoms with Crippen molar-refractivity contribution in [2.75, 3.05) is 39.9 Å². The summed E-state index contributed by atoms with van der Waals surface area (Å²) < 4.78 is 13.2. The van der Waals surface area contributed by atoms with Crippen LogP contribution in [0.1, 0.15) is 41.2 Å². The first kappa shape index (κ1) is 20.7. The fourth-order valence-electron chi connectivity index (χ4n) is 4.49. The number of nitrogens with zero attached hydrogens (tertiary/aromatic N) is 4. The number of rotatable bonds is 5. The van der Waals surface area contributed by atoms with Crippen LogP contribution in [0.2, 0.25) is 0 Å². The number of benzene rings is 1. The maximum Gasteiger partial charge on any atom is 0.254 e. The third-order valence-electron chi connectivity index (χ3n) is 5.94. The zero-order valence-electron chi connectivity index (χ0n) is 17.7. The molecule has 30 heavy (non-hydrogen) atoms. The summed E-state index contributed by atoms with van der Waals surface area (Å²) in [6, 6.07) is 4.40. The van der Waals surface area contributed by atoms with Crippen molar-refractivity contribution < 1.29 is 19.4 Å². The van der Waals surface area contributed by atoms with Crippen molar-refractivity contribution in [3.8, 4) is 11.5 Å². The molecule has 2 fully saturated rings. The average molecular weight is 415 g/mol. The number of likely N-dealkylation sites (tertiary alicyclic amines) is 1. The number of hydrogen-bond acceptors (Lipinski definition) is 6. The molecule has 4 rings (SSSR count). The van der Waals surface area contributed by atoms with E-state index in [9.17, 15) is 9.90 Å². The molecular formula is C22H30N4O4. The second-order valence-corrected chi connectivity index (χ2v) is 8.08. The molecule has 0 unspecified atom stereocenters. The molecule has 0 bridgehead atoms. The second kappa shape index (κ2) is 9.06. The average Bonchev–Trinajstić information content (AvgIpc) is 3.19. The highest BCUT2D eigenvalue weighted by molar-refractivity contribution is 5.95. The molecule has 8 heteroatoms. The number of aryl methyl sites for hydroxylation is 1. The maximum absolute atomic E-state index is 13.5. The van der Waals surface area contributed by atoms with E-state index in [0.717, 1.165) is 25.2 Å². The molecular weight excluding hydrogens is 384 g/mol. The van der Waals surface area contributed by atoms with Gasteiger partial charge in [-0.3, -0.25) is 9.48 Å². The highest BCUT2D eigenvalue weighted by Crippen LogP contribution is 2.33. The molecule has 3 heterocycles. The van der Waals surface area contributed by atoms with E-state index < -0.39 is 0 Å². The molecule has 0 aliphatic carbocycles. The monoisotopic (exact) mass is 414 g/mol. The van der Waals surface area contributed by atoms with Crippen LogP contribution in [0, 0.1) is 0 Å². The van der Waals surface area contributed by atoms with Crippen LogP contribution >= 0.6 is 0 Å². The van der Waals surface area contributed by atoms with Crippen LogP contribution in [0.4, 0.5) is 0 Å². The Bertz CT molecular complexity index is 878. The number of methoxy groups -OCH3 is 1. The van der Waals surface area contributed by atoms with Gasteiger partial charge in [-0.05, 0) is 38.1 Å².